The van der Waals surface area contributed by atoms with Gasteiger partial charge >= 0.3 is 0 Å². The lowest BCUT2D eigenvalue weighted by Crippen LogP contribution is -1.89. The van der Waals surface area contributed by atoms with Gasteiger partial charge in [0.05, 0.1) is 0 Å². The summed E-state index contributed by atoms with van der Waals surface area (Å²) in [5, 5.41) is 0.713. The molecule has 0 aliphatic rings. The second-order valence-corrected chi connectivity index (χ2v) is 4.60. The largest absolute Gasteiger partial charge is 0.236 e. The Morgan fingerprint density at radius 3 is 1.89 bits per heavy atom. The molecular formula is C16H11ClN2. The fraction of sp³-hybridized carbons (Fsp3) is 0. The average Bonchev–Trinajstić information content (AvgIpc) is 2.49. The fourth-order valence-corrected chi connectivity index (χ4v) is 1.98. The van der Waals surface area contributed by atoms with Gasteiger partial charge in [0.2, 0.25) is 0 Å². The van der Waals surface area contributed by atoms with E-state index in [1.54, 1.807) is 0 Å². The van der Waals surface area contributed by atoms with Crippen LogP contribution in [0.4, 0.5) is 0 Å². The van der Waals surface area contributed by atoms with Gasteiger partial charge in [-0.05, 0) is 29.8 Å². The van der Waals surface area contributed by atoms with Crippen LogP contribution in [-0.2, 0) is 0 Å². The monoisotopic (exact) mass is 266 g/mol. The minimum atomic E-state index is 0.705. The molecule has 3 rings (SSSR count). The lowest BCUT2D eigenvalue weighted by atomic mass is 10.1. The average molecular weight is 267 g/mol. The zero-order valence-electron chi connectivity index (χ0n) is 10.1. The van der Waals surface area contributed by atoms with Crippen molar-refractivity contribution in [3.8, 4) is 22.5 Å². The Morgan fingerprint density at radius 1 is 0.632 bits per heavy atom. The molecule has 0 saturated heterocycles. The highest BCUT2D eigenvalue weighted by atomic mass is 35.5. The third-order valence-corrected chi connectivity index (χ3v) is 3.11. The number of nitrogens with zero attached hydrogens (tertiary/aromatic N) is 2. The Balaban J connectivity index is 1.93. The molecule has 2 nitrogen and oxygen atoms in total. The summed E-state index contributed by atoms with van der Waals surface area (Å²) in [5.74, 6) is 0.705. The van der Waals surface area contributed by atoms with Crippen molar-refractivity contribution in [2.75, 3.05) is 0 Å². The zero-order valence-corrected chi connectivity index (χ0v) is 10.9. The molecule has 0 radical (unpaired) electrons. The topological polar surface area (TPSA) is 25.8 Å². The predicted octanol–water partition coefficient (Wildman–Crippen LogP) is 4.46. The van der Waals surface area contributed by atoms with Gasteiger partial charge in [-0.25, -0.2) is 9.97 Å². The van der Waals surface area contributed by atoms with Crippen molar-refractivity contribution in [2.45, 2.75) is 0 Å². The third kappa shape index (κ3) is 2.64. The highest BCUT2D eigenvalue weighted by molar-refractivity contribution is 6.30. The summed E-state index contributed by atoms with van der Waals surface area (Å²) in [5.41, 5.74) is 3.09. The Bertz CT molecular complexity index is 661. The summed E-state index contributed by atoms with van der Waals surface area (Å²) in [4.78, 5) is 8.80. The quantitative estimate of drug-likeness (QED) is 0.684. The van der Waals surface area contributed by atoms with Crippen LogP contribution in [0.25, 0.3) is 22.5 Å². The summed E-state index contributed by atoms with van der Waals surface area (Å²) in [6.07, 6.45) is 3.68. The minimum absolute atomic E-state index is 0.705. The maximum absolute atomic E-state index is 5.86. The van der Waals surface area contributed by atoms with E-state index in [-0.39, 0.29) is 0 Å². The van der Waals surface area contributed by atoms with E-state index in [0.29, 0.717) is 10.8 Å². The van der Waals surface area contributed by atoms with E-state index in [4.69, 9.17) is 11.6 Å². The van der Waals surface area contributed by atoms with Gasteiger partial charge in [-0.3, -0.25) is 0 Å². The number of benzene rings is 2. The van der Waals surface area contributed by atoms with Gasteiger partial charge in [0.15, 0.2) is 5.82 Å². The number of aromatic nitrogens is 2. The Labute approximate surface area is 116 Å². The first-order chi connectivity index (χ1) is 9.33. The molecule has 92 valence electrons. The van der Waals surface area contributed by atoms with E-state index >= 15 is 0 Å². The first kappa shape index (κ1) is 11.9. The van der Waals surface area contributed by atoms with E-state index < -0.39 is 0 Å². The van der Waals surface area contributed by atoms with Gasteiger partial charge in [-0.1, -0.05) is 41.9 Å². The molecule has 2 aromatic carbocycles. The molecule has 0 bridgehead atoms. The molecule has 0 aliphatic carbocycles. The zero-order chi connectivity index (χ0) is 13.1. The smallest absolute Gasteiger partial charge is 0.159 e. The molecule has 1 aromatic heterocycles. The van der Waals surface area contributed by atoms with Gasteiger partial charge in [0, 0.05) is 28.5 Å². The standard InChI is InChI=1S/C16H11ClN2/c17-15-8-6-13(7-9-15)16-18-10-14(11-19-16)12-4-2-1-3-5-12/h1-11H. The van der Waals surface area contributed by atoms with Crippen molar-refractivity contribution >= 4 is 11.6 Å². The first-order valence-corrected chi connectivity index (χ1v) is 6.34. The summed E-state index contributed by atoms with van der Waals surface area (Å²) in [6.45, 7) is 0. The molecule has 3 heteroatoms. The molecule has 0 spiro atoms. The Kier molecular flexibility index (Phi) is 3.25. The normalized spacial score (nSPS) is 10.4. The van der Waals surface area contributed by atoms with E-state index in [1.165, 1.54) is 0 Å². The van der Waals surface area contributed by atoms with Gasteiger partial charge in [0.1, 0.15) is 0 Å². The van der Waals surface area contributed by atoms with Crippen LogP contribution in [0.2, 0.25) is 5.02 Å². The molecule has 1 heterocycles. The van der Waals surface area contributed by atoms with Crippen molar-refractivity contribution in [3.63, 3.8) is 0 Å². The van der Waals surface area contributed by atoms with Crippen molar-refractivity contribution in [3.05, 3.63) is 72.0 Å². The summed E-state index contributed by atoms with van der Waals surface area (Å²) in [6, 6.07) is 17.6. The molecular weight excluding hydrogens is 256 g/mol. The van der Waals surface area contributed by atoms with Crippen molar-refractivity contribution in [1.29, 1.82) is 0 Å². The van der Waals surface area contributed by atoms with Crippen LogP contribution in [0, 0.1) is 0 Å². The van der Waals surface area contributed by atoms with Crippen LogP contribution in [0.15, 0.2) is 67.0 Å². The highest BCUT2D eigenvalue weighted by Crippen LogP contribution is 2.21. The Morgan fingerprint density at radius 2 is 1.26 bits per heavy atom. The van der Waals surface area contributed by atoms with E-state index in [2.05, 4.69) is 9.97 Å². The van der Waals surface area contributed by atoms with Crippen LogP contribution in [0.1, 0.15) is 0 Å². The van der Waals surface area contributed by atoms with Crippen molar-refractivity contribution in [2.24, 2.45) is 0 Å². The molecule has 0 unspecified atom stereocenters. The molecule has 0 atom stereocenters. The summed E-state index contributed by atoms with van der Waals surface area (Å²) in [7, 11) is 0. The SMILES string of the molecule is Clc1ccc(-c2ncc(-c3ccccc3)cn2)cc1. The number of hydrogen-bond acceptors (Lipinski definition) is 2. The number of hydrogen-bond donors (Lipinski definition) is 0. The van der Waals surface area contributed by atoms with Crippen LogP contribution in [0.5, 0.6) is 0 Å². The van der Waals surface area contributed by atoms with E-state index in [1.807, 2.05) is 67.0 Å². The molecule has 0 amide bonds. The minimum Gasteiger partial charge on any atom is -0.236 e. The Hall–Kier alpha value is -2.19. The third-order valence-electron chi connectivity index (χ3n) is 2.86. The van der Waals surface area contributed by atoms with E-state index in [0.717, 1.165) is 16.7 Å². The van der Waals surface area contributed by atoms with Gasteiger partial charge in [0.25, 0.3) is 0 Å². The van der Waals surface area contributed by atoms with E-state index in [9.17, 15) is 0 Å². The maximum atomic E-state index is 5.86. The van der Waals surface area contributed by atoms with Crippen LogP contribution < -0.4 is 0 Å². The number of halogens is 1. The lowest BCUT2D eigenvalue weighted by Gasteiger charge is -2.03. The molecule has 0 aliphatic heterocycles. The van der Waals surface area contributed by atoms with Crippen molar-refractivity contribution < 1.29 is 0 Å². The molecule has 3 aromatic rings. The second kappa shape index (κ2) is 5.21. The fourth-order valence-electron chi connectivity index (χ4n) is 1.86. The maximum Gasteiger partial charge on any atom is 0.159 e. The van der Waals surface area contributed by atoms with Gasteiger partial charge in [-0.15, -0.1) is 0 Å². The molecule has 0 saturated carbocycles. The second-order valence-electron chi connectivity index (χ2n) is 4.17. The van der Waals surface area contributed by atoms with Crippen LogP contribution in [-0.4, -0.2) is 9.97 Å². The highest BCUT2D eigenvalue weighted by Gasteiger charge is 2.02. The lowest BCUT2D eigenvalue weighted by molar-refractivity contribution is 1.18. The van der Waals surface area contributed by atoms with Gasteiger partial charge < -0.3 is 0 Å². The summed E-state index contributed by atoms with van der Waals surface area (Å²) < 4.78 is 0. The summed E-state index contributed by atoms with van der Waals surface area (Å²) >= 11 is 5.86. The number of rotatable bonds is 2. The van der Waals surface area contributed by atoms with Crippen LogP contribution >= 0.6 is 11.6 Å². The van der Waals surface area contributed by atoms with Crippen molar-refractivity contribution in [1.82, 2.24) is 9.97 Å². The molecule has 19 heavy (non-hydrogen) atoms. The first-order valence-electron chi connectivity index (χ1n) is 5.96. The van der Waals surface area contributed by atoms with Gasteiger partial charge in [-0.2, -0.15) is 0 Å². The predicted molar refractivity (Wildman–Crippen MR) is 77.9 cm³/mol. The molecule has 0 N–H and O–H groups in total. The van der Waals surface area contributed by atoms with Crippen LogP contribution in [0.3, 0.4) is 0 Å². The molecule has 0 fully saturated rings.